The van der Waals surface area contributed by atoms with E-state index in [2.05, 4.69) is 10.4 Å². The van der Waals surface area contributed by atoms with Crippen molar-refractivity contribution < 1.29 is 9.90 Å². The Morgan fingerprint density at radius 2 is 2.30 bits per heavy atom. The van der Waals surface area contributed by atoms with Crippen molar-refractivity contribution in [2.75, 3.05) is 11.9 Å². The largest absolute Gasteiger partial charge is 0.394 e. The first-order valence-corrected chi connectivity index (χ1v) is 7.17. The molecule has 0 aliphatic rings. The summed E-state index contributed by atoms with van der Waals surface area (Å²) in [5.41, 5.74) is 7.76. The van der Waals surface area contributed by atoms with Crippen LogP contribution in [0.2, 0.25) is 0 Å². The van der Waals surface area contributed by atoms with E-state index in [1.54, 1.807) is 16.1 Å². The van der Waals surface area contributed by atoms with Crippen LogP contribution in [0.4, 0.5) is 5.82 Å². The van der Waals surface area contributed by atoms with Crippen LogP contribution in [0.5, 0.6) is 0 Å². The first-order chi connectivity index (χ1) is 9.52. The van der Waals surface area contributed by atoms with Gasteiger partial charge in [0.15, 0.2) is 0 Å². The second kappa shape index (κ2) is 6.06. The molecule has 0 fully saturated rings. The first kappa shape index (κ1) is 14.5. The maximum Gasteiger partial charge on any atom is 0.249 e. The number of carbonyl (C=O) groups excluding carboxylic acids is 1. The highest BCUT2D eigenvalue weighted by molar-refractivity contribution is 7.10. The van der Waals surface area contributed by atoms with Crippen LogP contribution in [0.1, 0.15) is 26.5 Å². The molecule has 7 heteroatoms. The van der Waals surface area contributed by atoms with Crippen molar-refractivity contribution in [1.29, 1.82) is 0 Å². The zero-order chi connectivity index (χ0) is 14.7. The summed E-state index contributed by atoms with van der Waals surface area (Å²) in [7, 11) is 0. The summed E-state index contributed by atoms with van der Waals surface area (Å²) in [6.45, 7) is 5.01. The predicted molar refractivity (Wildman–Crippen MR) is 79.0 cm³/mol. The Labute approximate surface area is 121 Å². The Hall–Kier alpha value is -1.86. The van der Waals surface area contributed by atoms with E-state index in [-0.39, 0.29) is 6.61 Å². The number of amides is 1. The molecule has 0 aromatic carbocycles. The lowest BCUT2D eigenvalue weighted by Gasteiger charge is -2.09. The number of carbonyl (C=O) groups is 1. The molecule has 0 spiro atoms. The molecule has 0 aliphatic carbocycles. The van der Waals surface area contributed by atoms with Crippen LogP contribution in [-0.2, 0) is 13.1 Å². The lowest BCUT2D eigenvalue weighted by atomic mass is 10.2. The molecule has 1 amide bonds. The van der Waals surface area contributed by atoms with Gasteiger partial charge in [-0.25, -0.2) is 4.68 Å². The van der Waals surface area contributed by atoms with E-state index < -0.39 is 5.91 Å². The van der Waals surface area contributed by atoms with Gasteiger partial charge in [-0.15, -0.1) is 11.3 Å². The van der Waals surface area contributed by atoms with Crippen molar-refractivity contribution in [3.8, 4) is 0 Å². The van der Waals surface area contributed by atoms with Gasteiger partial charge in [-0.3, -0.25) is 4.79 Å². The number of thiophene rings is 1. The van der Waals surface area contributed by atoms with Crippen molar-refractivity contribution in [2.45, 2.75) is 26.9 Å². The minimum absolute atomic E-state index is 0.0417. The number of aryl methyl sites for hydroxylation is 1. The minimum atomic E-state index is -0.412. The standard InChI is InChI=1S/C13H18N4O2S/c1-8-9(2)16-17(3-4-18)13(8)15-6-11-5-10(7-20-11)12(14)19/h5,7,15,18H,3-4,6H2,1-2H3,(H2,14,19). The van der Waals surface area contributed by atoms with Crippen molar-refractivity contribution in [2.24, 2.45) is 5.73 Å². The van der Waals surface area contributed by atoms with E-state index in [1.165, 1.54) is 11.3 Å². The van der Waals surface area contributed by atoms with Gasteiger partial charge in [0.05, 0.1) is 31.0 Å². The summed E-state index contributed by atoms with van der Waals surface area (Å²) in [4.78, 5) is 12.1. The topological polar surface area (TPSA) is 93.2 Å². The Morgan fingerprint density at radius 3 is 2.90 bits per heavy atom. The van der Waals surface area contributed by atoms with Crippen molar-refractivity contribution in [3.05, 3.63) is 33.1 Å². The van der Waals surface area contributed by atoms with Gasteiger partial charge in [0, 0.05) is 15.8 Å². The average Bonchev–Trinajstić information content (AvgIpc) is 2.96. The molecule has 2 rings (SSSR count). The number of hydrogen-bond donors (Lipinski definition) is 3. The molecule has 0 atom stereocenters. The Bertz CT molecular complexity index is 618. The quantitative estimate of drug-likeness (QED) is 0.748. The number of nitrogens with two attached hydrogens (primary N) is 1. The molecular formula is C13H18N4O2S. The van der Waals surface area contributed by atoms with Gasteiger partial charge in [0.1, 0.15) is 5.82 Å². The van der Waals surface area contributed by atoms with E-state index in [4.69, 9.17) is 10.8 Å². The van der Waals surface area contributed by atoms with Gasteiger partial charge in [0.25, 0.3) is 0 Å². The predicted octanol–water partition coefficient (Wildman–Crippen LogP) is 1.26. The summed E-state index contributed by atoms with van der Waals surface area (Å²) < 4.78 is 1.76. The third kappa shape index (κ3) is 3.00. The number of nitrogens with zero attached hydrogens (tertiary/aromatic N) is 2. The van der Waals surface area contributed by atoms with Crippen LogP contribution in [0.3, 0.4) is 0 Å². The van der Waals surface area contributed by atoms with Crippen LogP contribution in [0.25, 0.3) is 0 Å². The minimum Gasteiger partial charge on any atom is -0.394 e. The maximum atomic E-state index is 11.1. The van der Waals surface area contributed by atoms with Gasteiger partial charge in [0.2, 0.25) is 5.91 Å². The molecule has 0 saturated carbocycles. The van der Waals surface area contributed by atoms with E-state index in [1.807, 2.05) is 13.8 Å². The summed E-state index contributed by atoms with van der Waals surface area (Å²) >= 11 is 1.49. The van der Waals surface area contributed by atoms with Gasteiger partial charge in [-0.1, -0.05) is 0 Å². The van der Waals surface area contributed by atoms with Gasteiger partial charge < -0.3 is 16.2 Å². The molecule has 4 N–H and O–H groups in total. The fourth-order valence-corrected chi connectivity index (χ4v) is 2.74. The zero-order valence-electron chi connectivity index (χ0n) is 11.5. The zero-order valence-corrected chi connectivity index (χ0v) is 12.3. The highest BCUT2D eigenvalue weighted by atomic mass is 32.1. The van der Waals surface area contributed by atoms with Crippen LogP contribution >= 0.6 is 11.3 Å². The fraction of sp³-hybridized carbons (Fsp3) is 0.385. The van der Waals surface area contributed by atoms with E-state index in [9.17, 15) is 4.79 Å². The number of aliphatic hydroxyl groups is 1. The molecule has 20 heavy (non-hydrogen) atoms. The van der Waals surface area contributed by atoms with Crippen LogP contribution in [0.15, 0.2) is 11.4 Å². The molecular weight excluding hydrogens is 276 g/mol. The number of rotatable bonds is 6. The molecule has 108 valence electrons. The lowest BCUT2D eigenvalue weighted by molar-refractivity contribution is 0.100. The summed E-state index contributed by atoms with van der Waals surface area (Å²) in [5, 5.41) is 18.5. The van der Waals surface area contributed by atoms with Crippen molar-refractivity contribution >= 4 is 23.1 Å². The molecule has 0 radical (unpaired) electrons. The number of primary amides is 1. The van der Waals surface area contributed by atoms with Crippen molar-refractivity contribution in [3.63, 3.8) is 0 Å². The van der Waals surface area contributed by atoms with Gasteiger partial charge >= 0.3 is 0 Å². The molecule has 0 unspecified atom stereocenters. The van der Waals surface area contributed by atoms with Crippen LogP contribution < -0.4 is 11.1 Å². The van der Waals surface area contributed by atoms with E-state index >= 15 is 0 Å². The monoisotopic (exact) mass is 294 g/mol. The first-order valence-electron chi connectivity index (χ1n) is 6.29. The summed E-state index contributed by atoms with van der Waals surface area (Å²) in [6.07, 6.45) is 0. The molecule has 0 saturated heterocycles. The second-order valence-electron chi connectivity index (χ2n) is 4.53. The summed E-state index contributed by atoms with van der Waals surface area (Å²) in [6, 6.07) is 1.79. The highest BCUT2D eigenvalue weighted by Crippen LogP contribution is 2.21. The molecule has 2 aromatic heterocycles. The molecule has 0 aliphatic heterocycles. The number of anilines is 1. The summed E-state index contributed by atoms with van der Waals surface area (Å²) in [5.74, 6) is 0.482. The Kier molecular flexibility index (Phi) is 4.41. The third-order valence-electron chi connectivity index (χ3n) is 3.11. The highest BCUT2D eigenvalue weighted by Gasteiger charge is 2.11. The Morgan fingerprint density at radius 1 is 1.55 bits per heavy atom. The number of hydrogen-bond acceptors (Lipinski definition) is 5. The smallest absolute Gasteiger partial charge is 0.249 e. The lowest BCUT2D eigenvalue weighted by Crippen LogP contribution is -2.11. The van der Waals surface area contributed by atoms with Gasteiger partial charge in [-0.05, 0) is 19.9 Å². The number of aliphatic hydroxyl groups excluding tert-OH is 1. The van der Waals surface area contributed by atoms with Gasteiger partial charge in [-0.2, -0.15) is 5.10 Å². The molecule has 6 nitrogen and oxygen atoms in total. The van der Waals surface area contributed by atoms with E-state index in [0.29, 0.717) is 18.7 Å². The molecule has 0 bridgehead atoms. The average molecular weight is 294 g/mol. The second-order valence-corrected chi connectivity index (χ2v) is 5.52. The normalized spacial score (nSPS) is 10.8. The molecule has 2 aromatic rings. The van der Waals surface area contributed by atoms with E-state index in [0.717, 1.165) is 22.0 Å². The molecule has 2 heterocycles. The fourth-order valence-electron chi connectivity index (χ4n) is 1.92. The maximum absolute atomic E-state index is 11.1. The third-order valence-corrected chi connectivity index (χ3v) is 4.04. The number of aromatic nitrogens is 2. The van der Waals surface area contributed by atoms with Crippen LogP contribution in [0, 0.1) is 13.8 Å². The Balaban J connectivity index is 2.11. The van der Waals surface area contributed by atoms with Crippen molar-refractivity contribution in [1.82, 2.24) is 9.78 Å². The van der Waals surface area contributed by atoms with Crippen LogP contribution in [-0.4, -0.2) is 27.4 Å². The SMILES string of the molecule is Cc1nn(CCO)c(NCc2cc(C(N)=O)cs2)c1C. The number of nitrogens with one attached hydrogen (secondary N) is 1.